The first-order valence-corrected chi connectivity index (χ1v) is 6.63. The van der Waals surface area contributed by atoms with Crippen molar-refractivity contribution in [2.45, 2.75) is 46.0 Å². The number of benzene rings is 1. The lowest BCUT2D eigenvalue weighted by Crippen LogP contribution is -2.09. The average Bonchev–Trinajstić information content (AvgIpc) is 2.84. The molecule has 1 fully saturated rings. The quantitative estimate of drug-likeness (QED) is 0.758. The van der Waals surface area contributed by atoms with Gasteiger partial charge in [-0.2, -0.15) is 0 Å². The summed E-state index contributed by atoms with van der Waals surface area (Å²) in [6, 6.07) is 3.75. The summed E-state index contributed by atoms with van der Waals surface area (Å²) in [5, 5.41) is 0. The Hall–Kier alpha value is -1.05. The molecule has 0 aromatic heterocycles. The fourth-order valence-corrected chi connectivity index (χ4v) is 2.58. The molecule has 1 saturated carbocycles. The molecule has 94 valence electrons. The summed E-state index contributed by atoms with van der Waals surface area (Å²) >= 11 is 0. The molecule has 2 heteroatoms. The van der Waals surface area contributed by atoms with Crippen LogP contribution in [-0.4, -0.2) is 6.61 Å². The molecule has 0 unspecified atom stereocenters. The van der Waals surface area contributed by atoms with Gasteiger partial charge >= 0.3 is 0 Å². The number of aryl methyl sites for hydroxylation is 1. The van der Waals surface area contributed by atoms with Crippen molar-refractivity contribution in [1.82, 2.24) is 0 Å². The Bertz CT molecular complexity index is 381. The molecule has 0 radical (unpaired) electrons. The van der Waals surface area contributed by atoms with Crippen molar-refractivity contribution in [2.75, 3.05) is 6.61 Å². The number of halogens is 1. The maximum atomic E-state index is 14.0. The van der Waals surface area contributed by atoms with Crippen LogP contribution in [0.1, 0.15) is 43.7 Å². The summed E-state index contributed by atoms with van der Waals surface area (Å²) in [6.45, 7) is 4.54. The van der Waals surface area contributed by atoms with Gasteiger partial charge in [-0.15, -0.1) is 0 Å². The summed E-state index contributed by atoms with van der Waals surface area (Å²) < 4.78 is 19.6. The van der Waals surface area contributed by atoms with Gasteiger partial charge in [-0.05, 0) is 49.3 Å². The smallest absolute Gasteiger partial charge is 0.168 e. The van der Waals surface area contributed by atoms with Crippen LogP contribution in [0.4, 0.5) is 4.39 Å². The molecule has 0 amide bonds. The van der Waals surface area contributed by atoms with E-state index in [1.807, 2.05) is 19.9 Å². The van der Waals surface area contributed by atoms with E-state index in [1.54, 1.807) is 6.07 Å². The zero-order valence-corrected chi connectivity index (χ0v) is 10.8. The maximum Gasteiger partial charge on any atom is 0.168 e. The molecule has 0 atom stereocenters. The summed E-state index contributed by atoms with van der Waals surface area (Å²) in [6.07, 6.45) is 5.92. The molecule has 1 nitrogen and oxygen atoms in total. The number of rotatable bonds is 4. The van der Waals surface area contributed by atoms with E-state index in [-0.39, 0.29) is 5.82 Å². The highest BCUT2D eigenvalue weighted by molar-refractivity contribution is 5.36. The molecule has 0 N–H and O–H groups in total. The van der Waals surface area contributed by atoms with Crippen molar-refractivity contribution >= 4 is 0 Å². The molecular formula is C15H21FO. The van der Waals surface area contributed by atoms with Crippen LogP contribution in [0.5, 0.6) is 5.75 Å². The Morgan fingerprint density at radius 1 is 1.29 bits per heavy atom. The summed E-state index contributed by atoms with van der Waals surface area (Å²) in [5.41, 5.74) is 1.80. The third kappa shape index (κ3) is 2.80. The van der Waals surface area contributed by atoms with Crippen molar-refractivity contribution in [3.05, 3.63) is 29.1 Å². The fraction of sp³-hybridized carbons (Fsp3) is 0.600. The van der Waals surface area contributed by atoms with Crippen LogP contribution < -0.4 is 4.74 Å². The van der Waals surface area contributed by atoms with Gasteiger partial charge in [0.2, 0.25) is 0 Å². The maximum absolute atomic E-state index is 14.0. The largest absolute Gasteiger partial charge is 0.490 e. The zero-order valence-electron chi connectivity index (χ0n) is 10.8. The minimum absolute atomic E-state index is 0.178. The Kier molecular flexibility index (Phi) is 4.03. The summed E-state index contributed by atoms with van der Waals surface area (Å²) in [4.78, 5) is 0. The van der Waals surface area contributed by atoms with Crippen molar-refractivity contribution < 1.29 is 9.13 Å². The first-order chi connectivity index (χ1) is 8.22. The van der Waals surface area contributed by atoms with Gasteiger partial charge in [-0.3, -0.25) is 0 Å². The lowest BCUT2D eigenvalue weighted by Gasteiger charge is -2.14. The predicted molar refractivity (Wildman–Crippen MR) is 68.0 cm³/mol. The highest BCUT2D eigenvalue weighted by Crippen LogP contribution is 2.28. The normalized spacial score (nSPS) is 16.4. The average molecular weight is 236 g/mol. The standard InChI is InChI=1S/C15H21FO/c1-3-13-8-9-14(15(16)11(13)2)17-10-12-6-4-5-7-12/h8-9,12H,3-7,10H2,1-2H3. The number of ether oxygens (including phenoxy) is 1. The first-order valence-electron chi connectivity index (χ1n) is 6.63. The van der Waals surface area contributed by atoms with E-state index in [0.29, 0.717) is 18.3 Å². The zero-order chi connectivity index (χ0) is 12.3. The van der Waals surface area contributed by atoms with Crippen LogP contribution in [0.15, 0.2) is 12.1 Å². The minimum atomic E-state index is -0.178. The molecule has 0 heterocycles. The van der Waals surface area contributed by atoms with E-state index >= 15 is 0 Å². The first kappa shape index (κ1) is 12.4. The van der Waals surface area contributed by atoms with E-state index in [4.69, 9.17) is 4.74 Å². The summed E-state index contributed by atoms with van der Waals surface area (Å²) in [5.74, 6) is 0.870. The molecule has 2 rings (SSSR count). The Labute approximate surface area is 103 Å². The van der Waals surface area contributed by atoms with Crippen LogP contribution >= 0.6 is 0 Å². The van der Waals surface area contributed by atoms with Crippen molar-refractivity contribution in [3.63, 3.8) is 0 Å². The third-order valence-corrected chi connectivity index (χ3v) is 3.79. The van der Waals surface area contributed by atoms with Gasteiger partial charge in [-0.1, -0.05) is 25.8 Å². The second-order valence-electron chi connectivity index (χ2n) is 4.98. The molecular weight excluding hydrogens is 215 g/mol. The van der Waals surface area contributed by atoms with Gasteiger partial charge in [0.05, 0.1) is 6.61 Å². The fourth-order valence-electron chi connectivity index (χ4n) is 2.58. The van der Waals surface area contributed by atoms with Gasteiger partial charge in [0.1, 0.15) is 0 Å². The van der Waals surface area contributed by atoms with Gasteiger partial charge < -0.3 is 4.74 Å². The molecule has 0 bridgehead atoms. The van der Waals surface area contributed by atoms with Crippen LogP contribution in [0, 0.1) is 18.7 Å². The second-order valence-corrected chi connectivity index (χ2v) is 4.98. The monoisotopic (exact) mass is 236 g/mol. The highest BCUT2D eigenvalue weighted by Gasteiger charge is 2.17. The van der Waals surface area contributed by atoms with Gasteiger partial charge in [0, 0.05) is 0 Å². The molecule has 1 aromatic carbocycles. The lowest BCUT2D eigenvalue weighted by atomic mass is 10.1. The third-order valence-electron chi connectivity index (χ3n) is 3.79. The van der Waals surface area contributed by atoms with Crippen molar-refractivity contribution in [1.29, 1.82) is 0 Å². The van der Waals surface area contributed by atoms with E-state index in [0.717, 1.165) is 17.5 Å². The van der Waals surface area contributed by atoms with Crippen LogP contribution in [-0.2, 0) is 6.42 Å². The van der Waals surface area contributed by atoms with Crippen LogP contribution in [0.2, 0.25) is 0 Å². The summed E-state index contributed by atoms with van der Waals surface area (Å²) in [7, 11) is 0. The Balaban J connectivity index is 2.03. The SMILES string of the molecule is CCc1ccc(OCC2CCCC2)c(F)c1C. The molecule has 1 aliphatic carbocycles. The molecule has 17 heavy (non-hydrogen) atoms. The Morgan fingerprint density at radius 2 is 2.00 bits per heavy atom. The van der Waals surface area contributed by atoms with Crippen LogP contribution in [0.3, 0.4) is 0 Å². The van der Waals surface area contributed by atoms with Crippen molar-refractivity contribution in [3.8, 4) is 5.75 Å². The van der Waals surface area contributed by atoms with E-state index in [9.17, 15) is 4.39 Å². The minimum Gasteiger partial charge on any atom is -0.490 e. The van der Waals surface area contributed by atoms with Crippen molar-refractivity contribution in [2.24, 2.45) is 5.92 Å². The lowest BCUT2D eigenvalue weighted by molar-refractivity contribution is 0.241. The highest BCUT2D eigenvalue weighted by atomic mass is 19.1. The molecule has 1 aliphatic rings. The number of hydrogen-bond acceptors (Lipinski definition) is 1. The topological polar surface area (TPSA) is 9.23 Å². The van der Waals surface area contributed by atoms with E-state index in [2.05, 4.69) is 0 Å². The second kappa shape index (κ2) is 5.52. The predicted octanol–water partition coefficient (Wildman–Crippen LogP) is 4.27. The van der Waals surface area contributed by atoms with Gasteiger partial charge in [0.25, 0.3) is 0 Å². The Morgan fingerprint density at radius 3 is 2.65 bits per heavy atom. The van der Waals surface area contributed by atoms with Gasteiger partial charge in [-0.25, -0.2) is 4.39 Å². The molecule has 0 saturated heterocycles. The molecule has 1 aromatic rings. The molecule has 0 spiro atoms. The van der Waals surface area contributed by atoms with E-state index < -0.39 is 0 Å². The van der Waals surface area contributed by atoms with E-state index in [1.165, 1.54) is 25.7 Å². The van der Waals surface area contributed by atoms with Gasteiger partial charge in [0.15, 0.2) is 11.6 Å². The molecule has 0 aliphatic heterocycles. The van der Waals surface area contributed by atoms with Crippen LogP contribution in [0.25, 0.3) is 0 Å². The number of hydrogen-bond donors (Lipinski definition) is 0.